The van der Waals surface area contributed by atoms with Gasteiger partial charge >= 0.3 is 0 Å². The molecule has 0 fully saturated rings. The molecule has 0 unspecified atom stereocenters. The van der Waals surface area contributed by atoms with Gasteiger partial charge in [0.2, 0.25) is 4.96 Å². The molecule has 0 aliphatic heterocycles. The van der Waals surface area contributed by atoms with Crippen LogP contribution in [0.3, 0.4) is 0 Å². The largest absolute Gasteiger partial charge is 0.234 e. The highest BCUT2D eigenvalue weighted by Crippen LogP contribution is 2.23. The number of hydrogen-bond acceptors (Lipinski definition) is 4. The van der Waals surface area contributed by atoms with Gasteiger partial charge in [0, 0.05) is 12.0 Å². The van der Waals surface area contributed by atoms with Crippen molar-refractivity contribution in [2.45, 2.75) is 65.2 Å². The fourth-order valence-corrected chi connectivity index (χ4v) is 3.75. The van der Waals surface area contributed by atoms with Gasteiger partial charge in [0.25, 0.3) is 0 Å². The number of benzene rings is 1. The van der Waals surface area contributed by atoms with E-state index in [1.165, 1.54) is 55.5 Å². The first-order valence-electron chi connectivity index (χ1n) is 9.06. The minimum Gasteiger partial charge on any atom is -0.183 e. The number of nitrogens with zero attached hydrogens (tertiary/aromatic N) is 4. The number of fused-ring (bicyclic) bond motifs is 1. The average Bonchev–Trinajstić information content (AvgIpc) is 3.15. The van der Waals surface area contributed by atoms with Crippen LogP contribution >= 0.6 is 11.3 Å². The Bertz CT molecular complexity index is 757. The van der Waals surface area contributed by atoms with E-state index in [0.717, 1.165) is 22.8 Å². The van der Waals surface area contributed by atoms with Gasteiger partial charge in [-0.1, -0.05) is 86.6 Å². The molecule has 2 aromatic heterocycles. The predicted octanol–water partition coefficient (Wildman–Crippen LogP) is 5.45. The Labute approximate surface area is 147 Å². The zero-order valence-electron chi connectivity index (χ0n) is 14.7. The summed E-state index contributed by atoms with van der Waals surface area (Å²) in [5.74, 6) is 0.840. The normalized spacial score (nSPS) is 11.4. The smallest absolute Gasteiger partial charge is 0.183 e. The molecule has 0 saturated carbocycles. The third kappa shape index (κ3) is 4.20. The molecule has 1 aromatic carbocycles. The third-order valence-corrected chi connectivity index (χ3v) is 5.30. The monoisotopic (exact) mass is 342 g/mol. The summed E-state index contributed by atoms with van der Waals surface area (Å²) < 4.78 is 1.89. The number of unbranched alkanes of at least 4 members (excludes halogenated alkanes) is 6. The SMILES string of the molecule is CCCCCCCCCc1nn2c(-c3ccc(C)cc3)nnc2s1. The molecule has 4 nitrogen and oxygen atoms in total. The van der Waals surface area contributed by atoms with E-state index in [0.29, 0.717) is 0 Å². The molecule has 3 rings (SSSR count). The van der Waals surface area contributed by atoms with Crippen molar-refractivity contribution in [3.8, 4) is 11.4 Å². The maximum Gasteiger partial charge on any atom is 0.234 e. The van der Waals surface area contributed by atoms with Crippen LogP contribution < -0.4 is 0 Å². The molecule has 0 bridgehead atoms. The van der Waals surface area contributed by atoms with Crippen LogP contribution in [0.25, 0.3) is 16.3 Å². The Balaban J connectivity index is 1.58. The number of aromatic nitrogens is 4. The zero-order chi connectivity index (χ0) is 16.8. The van der Waals surface area contributed by atoms with Crippen LogP contribution in [0.2, 0.25) is 0 Å². The molecule has 0 spiro atoms. The molecule has 24 heavy (non-hydrogen) atoms. The Hall–Kier alpha value is -1.75. The first-order valence-corrected chi connectivity index (χ1v) is 9.87. The summed E-state index contributed by atoms with van der Waals surface area (Å²) in [4.78, 5) is 0.892. The molecule has 2 heterocycles. The van der Waals surface area contributed by atoms with Crippen LogP contribution in [0.4, 0.5) is 0 Å². The van der Waals surface area contributed by atoms with Crippen LogP contribution in [0, 0.1) is 6.92 Å². The highest BCUT2D eigenvalue weighted by molar-refractivity contribution is 7.16. The molecule has 5 heteroatoms. The number of hydrogen-bond donors (Lipinski definition) is 0. The van der Waals surface area contributed by atoms with E-state index >= 15 is 0 Å². The van der Waals surface area contributed by atoms with E-state index in [-0.39, 0.29) is 0 Å². The van der Waals surface area contributed by atoms with Crippen molar-refractivity contribution in [2.75, 3.05) is 0 Å². The van der Waals surface area contributed by atoms with E-state index in [9.17, 15) is 0 Å². The summed E-state index contributed by atoms with van der Waals surface area (Å²) in [6, 6.07) is 8.37. The van der Waals surface area contributed by atoms with E-state index in [2.05, 4.69) is 48.3 Å². The minimum atomic E-state index is 0.840. The number of aryl methyl sites for hydroxylation is 2. The topological polar surface area (TPSA) is 43.1 Å². The summed E-state index contributed by atoms with van der Waals surface area (Å²) >= 11 is 1.67. The fourth-order valence-electron chi connectivity index (χ4n) is 2.87. The molecule has 0 amide bonds. The molecule has 0 N–H and O–H groups in total. The second-order valence-corrected chi connectivity index (χ2v) is 7.49. The Morgan fingerprint density at radius 2 is 1.62 bits per heavy atom. The fraction of sp³-hybridized carbons (Fsp3) is 0.526. The van der Waals surface area contributed by atoms with Crippen LogP contribution in [0.1, 0.15) is 62.4 Å². The first-order chi connectivity index (χ1) is 11.8. The molecule has 0 saturated heterocycles. The Morgan fingerprint density at radius 1 is 0.917 bits per heavy atom. The van der Waals surface area contributed by atoms with Crippen LogP contribution in [-0.2, 0) is 6.42 Å². The Morgan fingerprint density at radius 3 is 2.38 bits per heavy atom. The van der Waals surface area contributed by atoms with Crippen molar-refractivity contribution in [3.05, 3.63) is 34.8 Å². The Kier molecular flexibility index (Phi) is 5.96. The molecule has 0 radical (unpaired) electrons. The van der Waals surface area contributed by atoms with Gasteiger partial charge in [-0.15, -0.1) is 10.2 Å². The van der Waals surface area contributed by atoms with Gasteiger partial charge in [0.15, 0.2) is 5.82 Å². The van der Waals surface area contributed by atoms with Crippen molar-refractivity contribution < 1.29 is 0 Å². The molecular weight excluding hydrogens is 316 g/mol. The first kappa shape index (κ1) is 17.1. The molecule has 128 valence electrons. The third-order valence-electron chi connectivity index (χ3n) is 4.34. The molecule has 0 aliphatic carbocycles. The van der Waals surface area contributed by atoms with Gasteiger partial charge in [-0.2, -0.15) is 9.61 Å². The highest BCUT2D eigenvalue weighted by atomic mass is 32.1. The molecule has 3 aromatic rings. The quantitative estimate of drug-likeness (QED) is 0.485. The standard InChI is InChI=1S/C19H26N4S/c1-3-4-5-6-7-8-9-10-17-22-23-18(20-21-19(23)24-17)16-13-11-15(2)12-14-16/h11-14H,3-10H2,1-2H3. The lowest BCUT2D eigenvalue weighted by atomic mass is 10.1. The van der Waals surface area contributed by atoms with Crippen LogP contribution in [0.15, 0.2) is 24.3 Å². The van der Waals surface area contributed by atoms with Gasteiger partial charge in [0.05, 0.1) is 0 Å². The lowest BCUT2D eigenvalue weighted by molar-refractivity contribution is 0.588. The van der Waals surface area contributed by atoms with E-state index in [4.69, 9.17) is 5.10 Å². The van der Waals surface area contributed by atoms with Gasteiger partial charge in [-0.25, -0.2) is 0 Å². The number of rotatable bonds is 9. The van der Waals surface area contributed by atoms with Gasteiger partial charge < -0.3 is 0 Å². The minimum absolute atomic E-state index is 0.840. The zero-order valence-corrected chi connectivity index (χ0v) is 15.5. The summed E-state index contributed by atoms with van der Waals surface area (Å²) in [5, 5.41) is 14.5. The van der Waals surface area contributed by atoms with Crippen molar-refractivity contribution >= 4 is 16.3 Å². The van der Waals surface area contributed by atoms with Gasteiger partial charge in [-0.3, -0.25) is 0 Å². The van der Waals surface area contributed by atoms with Crippen molar-refractivity contribution in [1.82, 2.24) is 19.8 Å². The molecular formula is C19H26N4S. The summed E-state index contributed by atoms with van der Waals surface area (Å²) in [6.07, 6.45) is 10.4. The van der Waals surface area contributed by atoms with Gasteiger partial charge in [0.1, 0.15) is 5.01 Å². The van der Waals surface area contributed by atoms with E-state index in [1.54, 1.807) is 11.3 Å². The lowest BCUT2D eigenvalue weighted by Crippen LogP contribution is -1.93. The van der Waals surface area contributed by atoms with Crippen molar-refractivity contribution in [2.24, 2.45) is 0 Å². The van der Waals surface area contributed by atoms with Crippen molar-refractivity contribution in [1.29, 1.82) is 0 Å². The predicted molar refractivity (Wildman–Crippen MR) is 101 cm³/mol. The van der Waals surface area contributed by atoms with Crippen molar-refractivity contribution in [3.63, 3.8) is 0 Å². The molecule has 0 atom stereocenters. The van der Waals surface area contributed by atoms with Crippen LogP contribution in [-0.4, -0.2) is 19.8 Å². The van der Waals surface area contributed by atoms with E-state index < -0.39 is 0 Å². The maximum absolute atomic E-state index is 4.73. The van der Waals surface area contributed by atoms with Crippen LogP contribution in [0.5, 0.6) is 0 Å². The van der Waals surface area contributed by atoms with E-state index in [1.807, 2.05) is 4.52 Å². The average molecular weight is 343 g/mol. The highest BCUT2D eigenvalue weighted by Gasteiger charge is 2.13. The summed E-state index contributed by atoms with van der Waals surface area (Å²) in [7, 11) is 0. The van der Waals surface area contributed by atoms with Gasteiger partial charge in [-0.05, 0) is 13.3 Å². The lowest BCUT2D eigenvalue weighted by Gasteiger charge is -1.99. The molecule has 0 aliphatic rings. The summed E-state index contributed by atoms with van der Waals surface area (Å²) in [6.45, 7) is 4.35. The second kappa shape index (κ2) is 8.38. The second-order valence-electron chi connectivity index (χ2n) is 6.45. The maximum atomic E-state index is 4.73. The summed E-state index contributed by atoms with van der Waals surface area (Å²) in [5.41, 5.74) is 2.32.